The molecule has 0 spiro atoms. The Morgan fingerprint density at radius 3 is 2.74 bits per heavy atom. The molecule has 0 aliphatic carbocycles. The Bertz CT molecular complexity index is 1430. The highest BCUT2D eigenvalue weighted by Crippen LogP contribution is 2.42. The van der Waals surface area contributed by atoms with E-state index in [0.29, 0.717) is 70.7 Å². The molecule has 39 heavy (non-hydrogen) atoms. The van der Waals surface area contributed by atoms with E-state index in [2.05, 4.69) is 36.6 Å². The van der Waals surface area contributed by atoms with Crippen LogP contribution in [0.5, 0.6) is 11.5 Å². The summed E-state index contributed by atoms with van der Waals surface area (Å²) in [6.45, 7) is 5.76. The average Bonchev–Trinajstić information content (AvgIpc) is 3.39. The molecule has 1 unspecified atom stereocenters. The fourth-order valence-electron chi connectivity index (χ4n) is 4.69. The van der Waals surface area contributed by atoms with E-state index in [9.17, 15) is 9.59 Å². The van der Waals surface area contributed by atoms with E-state index in [1.165, 1.54) is 13.4 Å². The number of halogens is 1. The first-order valence-corrected chi connectivity index (χ1v) is 13.3. The number of fused-ring (bicyclic) bond motifs is 1. The highest BCUT2D eigenvalue weighted by atomic mass is 79.9. The van der Waals surface area contributed by atoms with Gasteiger partial charge in [-0.05, 0) is 65.2 Å². The molecule has 1 aromatic heterocycles. The number of nitrogens with zero attached hydrogens (tertiary/aromatic N) is 4. The van der Waals surface area contributed by atoms with Crippen molar-refractivity contribution in [3.8, 4) is 11.5 Å². The van der Waals surface area contributed by atoms with Crippen LogP contribution in [-0.4, -0.2) is 71.5 Å². The smallest absolute Gasteiger partial charge is 0.260 e. The lowest BCUT2D eigenvalue weighted by Crippen LogP contribution is -2.43. The number of aromatic nitrogens is 3. The molecule has 0 radical (unpaired) electrons. The van der Waals surface area contributed by atoms with E-state index < -0.39 is 6.04 Å². The Morgan fingerprint density at radius 1 is 1.21 bits per heavy atom. The molecule has 0 bridgehead atoms. The van der Waals surface area contributed by atoms with Gasteiger partial charge < -0.3 is 29.7 Å². The molecule has 2 N–H and O–H groups in total. The van der Waals surface area contributed by atoms with Crippen molar-refractivity contribution in [3.63, 3.8) is 0 Å². The molecule has 5 rings (SSSR count). The van der Waals surface area contributed by atoms with Crippen molar-refractivity contribution in [3.05, 3.63) is 69.6 Å². The molecule has 3 aromatic rings. The van der Waals surface area contributed by atoms with Crippen LogP contribution in [0.1, 0.15) is 24.1 Å². The number of carbonyl (C=O) groups is 2. The van der Waals surface area contributed by atoms with Gasteiger partial charge in [0.2, 0.25) is 5.95 Å². The van der Waals surface area contributed by atoms with Crippen molar-refractivity contribution in [1.82, 2.24) is 19.7 Å². The summed E-state index contributed by atoms with van der Waals surface area (Å²) in [5.74, 6) is 0.905. The number of benzene rings is 2. The number of methoxy groups -OCH3 is 1. The zero-order chi connectivity index (χ0) is 27.5. The molecular formula is C27H29BrN6O5. The number of anilines is 2. The fraction of sp³-hybridized carbons (Fsp3) is 0.333. The van der Waals surface area contributed by atoms with Gasteiger partial charge in [-0.15, -0.1) is 0 Å². The molecule has 2 aliphatic heterocycles. The average molecular weight is 597 g/mol. The number of nitrogens with one attached hydrogen (secondary N) is 2. The van der Waals surface area contributed by atoms with Crippen LogP contribution in [0.25, 0.3) is 0 Å². The molecule has 1 saturated heterocycles. The monoisotopic (exact) mass is 596 g/mol. The summed E-state index contributed by atoms with van der Waals surface area (Å²) >= 11 is 3.59. The molecule has 2 aliphatic rings. The number of carbonyl (C=O) groups excluding carboxylic acids is 2. The maximum Gasteiger partial charge on any atom is 0.260 e. The van der Waals surface area contributed by atoms with E-state index in [0.717, 1.165) is 5.56 Å². The van der Waals surface area contributed by atoms with Crippen LogP contribution in [0.15, 0.2) is 58.5 Å². The Balaban J connectivity index is 1.46. The number of morpholine rings is 1. The van der Waals surface area contributed by atoms with Crippen LogP contribution in [0.4, 0.5) is 11.6 Å². The zero-order valence-corrected chi connectivity index (χ0v) is 23.4. The standard InChI is InChI=1S/C27H29BrN6O5/c1-16-5-4-6-19(11-16)32-26(36)23-17(2)31-27-29-15-30-34(27)24(23)18-12-20(28)25(21(13-18)37-3)39-14-22(35)33-7-9-38-10-8-33/h4-6,11-13,15,24H,7-10,14H2,1-3H3,(H,32,36)(H,29,30,31). The molecule has 2 aromatic carbocycles. The minimum Gasteiger partial charge on any atom is -0.493 e. The predicted octanol–water partition coefficient (Wildman–Crippen LogP) is 3.52. The summed E-state index contributed by atoms with van der Waals surface area (Å²) in [6.07, 6.45) is 1.44. The Kier molecular flexibility index (Phi) is 7.84. The summed E-state index contributed by atoms with van der Waals surface area (Å²) < 4.78 is 19.1. The first kappa shape index (κ1) is 26.7. The number of aryl methyl sites for hydroxylation is 1. The molecule has 11 nitrogen and oxygen atoms in total. The number of ether oxygens (including phenoxy) is 3. The van der Waals surface area contributed by atoms with Crippen molar-refractivity contribution in [1.29, 1.82) is 0 Å². The first-order valence-electron chi connectivity index (χ1n) is 12.5. The summed E-state index contributed by atoms with van der Waals surface area (Å²) in [6, 6.07) is 10.6. The summed E-state index contributed by atoms with van der Waals surface area (Å²) in [5.41, 5.74) is 3.56. The van der Waals surface area contributed by atoms with E-state index in [-0.39, 0.29) is 18.4 Å². The zero-order valence-electron chi connectivity index (χ0n) is 21.9. The Morgan fingerprint density at radius 2 is 2.00 bits per heavy atom. The van der Waals surface area contributed by atoms with Crippen molar-refractivity contribution in [2.45, 2.75) is 19.9 Å². The molecule has 3 heterocycles. The van der Waals surface area contributed by atoms with Gasteiger partial charge in [-0.25, -0.2) is 4.68 Å². The van der Waals surface area contributed by atoms with Crippen molar-refractivity contribution >= 4 is 39.4 Å². The van der Waals surface area contributed by atoms with Crippen LogP contribution >= 0.6 is 15.9 Å². The number of allylic oxidation sites excluding steroid dienone is 1. The maximum atomic E-state index is 13.6. The molecule has 1 fully saturated rings. The summed E-state index contributed by atoms with van der Waals surface area (Å²) in [4.78, 5) is 32.3. The lowest BCUT2D eigenvalue weighted by atomic mass is 9.94. The van der Waals surface area contributed by atoms with Gasteiger partial charge >= 0.3 is 0 Å². The maximum absolute atomic E-state index is 13.6. The molecule has 12 heteroatoms. The van der Waals surface area contributed by atoms with Crippen LogP contribution in [0.3, 0.4) is 0 Å². The third kappa shape index (κ3) is 5.62. The molecule has 204 valence electrons. The molecule has 1 atom stereocenters. The number of hydrogen-bond donors (Lipinski definition) is 2. The fourth-order valence-corrected chi connectivity index (χ4v) is 5.26. The van der Waals surface area contributed by atoms with E-state index >= 15 is 0 Å². The lowest BCUT2D eigenvalue weighted by molar-refractivity contribution is -0.137. The van der Waals surface area contributed by atoms with Crippen molar-refractivity contribution in [2.24, 2.45) is 0 Å². The highest BCUT2D eigenvalue weighted by Gasteiger charge is 2.34. The third-order valence-electron chi connectivity index (χ3n) is 6.59. The second kappa shape index (κ2) is 11.5. The van der Waals surface area contributed by atoms with Gasteiger partial charge in [0.1, 0.15) is 12.4 Å². The van der Waals surface area contributed by atoms with Gasteiger partial charge in [-0.2, -0.15) is 10.1 Å². The normalized spacial score (nSPS) is 16.8. The number of rotatable bonds is 7. The first-order chi connectivity index (χ1) is 18.9. The number of hydrogen-bond acceptors (Lipinski definition) is 8. The summed E-state index contributed by atoms with van der Waals surface area (Å²) in [7, 11) is 1.53. The Hall–Kier alpha value is -3.90. The second-order valence-electron chi connectivity index (χ2n) is 9.23. The highest BCUT2D eigenvalue weighted by molar-refractivity contribution is 9.10. The topological polar surface area (TPSA) is 120 Å². The van der Waals surface area contributed by atoms with Crippen LogP contribution in [-0.2, 0) is 14.3 Å². The quantitative estimate of drug-likeness (QED) is 0.425. The molecule has 0 saturated carbocycles. The Labute approximate surface area is 234 Å². The van der Waals surface area contributed by atoms with Gasteiger partial charge in [-0.1, -0.05) is 12.1 Å². The van der Waals surface area contributed by atoms with Gasteiger partial charge in [0.15, 0.2) is 18.1 Å². The van der Waals surface area contributed by atoms with Gasteiger partial charge in [0.05, 0.1) is 30.4 Å². The van der Waals surface area contributed by atoms with Crippen LogP contribution in [0, 0.1) is 6.92 Å². The molecular weight excluding hydrogens is 568 g/mol. The summed E-state index contributed by atoms with van der Waals surface area (Å²) in [5, 5.41) is 10.6. The minimum atomic E-state index is -0.609. The SMILES string of the molecule is COc1cc(C2C(C(=O)Nc3cccc(C)c3)=C(C)Nc3ncnn32)cc(Br)c1OCC(=O)N1CCOCC1. The van der Waals surface area contributed by atoms with Crippen molar-refractivity contribution in [2.75, 3.05) is 50.7 Å². The van der Waals surface area contributed by atoms with Gasteiger partial charge in [-0.3, -0.25) is 9.59 Å². The minimum absolute atomic E-state index is 0.129. The van der Waals surface area contributed by atoms with Gasteiger partial charge in [0, 0.05) is 24.5 Å². The van der Waals surface area contributed by atoms with E-state index in [4.69, 9.17) is 14.2 Å². The predicted molar refractivity (Wildman–Crippen MR) is 148 cm³/mol. The van der Waals surface area contributed by atoms with Crippen molar-refractivity contribution < 1.29 is 23.8 Å². The van der Waals surface area contributed by atoms with E-state index in [1.54, 1.807) is 15.6 Å². The van der Waals surface area contributed by atoms with Gasteiger partial charge in [0.25, 0.3) is 11.8 Å². The third-order valence-corrected chi connectivity index (χ3v) is 7.18. The van der Waals surface area contributed by atoms with Crippen LogP contribution < -0.4 is 20.1 Å². The number of amides is 2. The lowest BCUT2D eigenvalue weighted by Gasteiger charge is -2.29. The van der Waals surface area contributed by atoms with Crippen LogP contribution in [0.2, 0.25) is 0 Å². The second-order valence-corrected chi connectivity index (χ2v) is 10.1. The largest absolute Gasteiger partial charge is 0.493 e. The van der Waals surface area contributed by atoms with E-state index in [1.807, 2.05) is 44.2 Å². The molecule has 2 amide bonds.